The van der Waals surface area contributed by atoms with Crippen molar-refractivity contribution >= 4 is 11.8 Å². The molecule has 1 aromatic carbocycles. The molecule has 0 saturated heterocycles. The Morgan fingerprint density at radius 1 is 1.25 bits per heavy atom. The van der Waals surface area contributed by atoms with Gasteiger partial charge in [-0.2, -0.15) is 13.2 Å². The monoisotopic (exact) mass is 288 g/mol. The summed E-state index contributed by atoms with van der Waals surface area (Å²) < 4.78 is 42.5. The lowest BCUT2D eigenvalue weighted by molar-refractivity contribution is -0.146. The summed E-state index contributed by atoms with van der Waals surface area (Å²) in [5.41, 5.74) is -1.05. The summed E-state index contributed by atoms with van der Waals surface area (Å²) in [6, 6.07) is 4.04. The van der Waals surface area contributed by atoms with E-state index < -0.39 is 29.4 Å². The number of ketones is 1. The van der Waals surface area contributed by atoms with Crippen molar-refractivity contribution in [1.82, 2.24) is 0 Å². The molecule has 0 aliphatic heterocycles. The van der Waals surface area contributed by atoms with Crippen LogP contribution in [0.1, 0.15) is 36.2 Å². The molecular formula is C14H15F3O3. The van der Waals surface area contributed by atoms with Crippen molar-refractivity contribution in [1.29, 1.82) is 0 Å². The van der Waals surface area contributed by atoms with Crippen LogP contribution in [0.15, 0.2) is 24.3 Å². The molecule has 1 rings (SSSR count). The molecule has 1 unspecified atom stereocenters. The fourth-order valence-electron chi connectivity index (χ4n) is 1.75. The minimum Gasteiger partial charge on any atom is -0.465 e. The lowest BCUT2D eigenvalue weighted by atomic mass is 9.94. The fraction of sp³-hybridized carbons (Fsp3) is 0.429. The Kier molecular flexibility index (Phi) is 5.30. The Balaban J connectivity index is 3.04. The molecule has 0 aromatic heterocycles. The molecule has 0 saturated carbocycles. The van der Waals surface area contributed by atoms with E-state index >= 15 is 0 Å². The first kappa shape index (κ1) is 16.2. The molecule has 0 radical (unpaired) electrons. The van der Waals surface area contributed by atoms with E-state index in [0.29, 0.717) is 0 Å². The molecule has 110 valence electrons. The number of carbonyl (C=O) groups excluding carboxylic acids is 2. The molecular weight excluding hydrogens is 273 g/mol. The Morgan fingerprint density at radius 2 is 1.90 bits per heavy atom. The maximum Gasteiger partial charge on any atom is 0.416 e. The minimum absolute atomic E-state index is 0.116. The molecule has 0 bridgehead atoms. The zero-order chi connectivity index (χ0) is 15.3. The number of hydrogen-bond acceptors (Lipinski definition) is 3. The summed E-state index contributed by atoms with van der Waals surface area (Å²) in [5, 5.41) is 0. The van der Waals surface area contributed by atoms with Gasteiger partial charge in [0.25, 0.3) is 0 Å². The van der Waals surface area contributed by atoms with Gasteiger partial charge in [0.1, 0.15) is 5.92 Å². The van der Waals surface area contributed by atoms with Crippen molar-refractivity contribution in [2.75, 3.05) is 6.61 Å². The van der Waals surface area contributed by atoms with Gasteiger partial charge in [0, 0.05) is 5.56 Å². The number of halogens is 3. The fourth-order valence-corrected chi connectivity index (χ4v) is 1.75. The van der Waals surface area contributed by atoms with Crippen molar-refractivity contribution in [2.45, 2.75) is 26.4 Å². The topological polar surface area (TPSA) is 43.4 Å². The highest BCUT2D eigenvalue weighted by molar-refractivity contribution is 6.08. The molecule has 6 heteroatoms. The molecule has 0 fully saturated rings. The lowest BCUT2D eigenvalue weighted by Crippen LogP contribution is -2.26. The third kappa shape index (κ3) is 3.82. The van der Waals surface area contributed by atoms with E-state index in [1.165, 1.54) is 6.07 Å². The van der Waals surface area contributed by atoms with Crippen molar-refractivity contribution in [3.63, 3.8) is 0 Å². The second kappa shape index (κ2) is 6.54. The van der Waals surface area contributed by atoms with Crippen LogP contribution in [-0.4, -0.2) is 18.4 Å². The molecule has 3 nitrogen and oxygen atoms in total. The molecule has 20 heavy (non-hydrogen) atoms. The van der Waals surface area contributed by atoms with Crippen molar-refractivity contribution in [2.24, 2.45) is 5.92 Å². The Labute approximate surface area is 114 Å². The van der Waals surface area contributed by atoms with Gasteiger partial charge in [0.05, 0.1) is 12.2 Å². The van der Waals surface area contributed by atoms with Gasteiger partial charge < -0.3 is 4.74 Å². The van der Waals surface area contributed by atoms with Gasteiger partial charge in [-0.05, 0) is 25.5 Å². The Morgan fingerprint density at radius 3 is 2.40 bits per heavy atom. The summed E-state index contributed by atoms with van der Waals surface area (Å²) in [5.74, 6) is -2.44. The van der Waals surface area contributed by atoms with Gasteiger partial charge in [0.15, 0.2) is 5.78 Å². The maximum absolute atomic E-state index is 12.6. The van der Waals surface area contributed by atoms with Crippen LogP contribution < -0.4 is 0 Å². The predicted molar refractivity (Wildman–Crippen MR) is 66.2 cm³/mol. The smallest absolute Gasteiger partial charge is 0.416 e. The number of alkyl halides is 3. The zero-order valence-corrected chi connectivity index (χ0v) is 11.2. The predicted octanol–water partition coefficient (Wildman–Crippen LogP) is 3.48. The number of hydrogen-bond donors (Lipinski definition) is 0. The molecule has 0 spiro atoms. The molecule has 0 aliphatic rings. The minimum atomic E-state index is -4.53. The van der Waals surface area contributed by atoms with Crippen LogP contribution in [0.2, 0.25) is 0 Å². The van der Waals surface area contributed by atoms with Crippen LogP contribution in [0.25, 0.3) is 0 Å². The SMILES string of the molecule is CCOC(=O)C(CC)C(=O)c1cccc(C(F)(F)F)c1. The standard InChI is InChI=1S/C14H15F3O3/c1-3-11(13(19)20-4-2)12(18)9-6-5-7-10(8-9)14(15,16)17/h5-8,11H,3-4H2,1-2H3. The normalized spacial score (nSPS) is 12.8. The van der Waals surface area contributed by atoms with Gasteiger partial charge in [-0.3, -0.25) is 9.59 Å². The second-order valence-corrected chi connectivity index (χ2v) is 4.16. The molecule has 0 amide bonds. The van der Waals surface area contributed by atoms with E-state index in [2.05, 4.69) is 0 Å². The van der Waals surface area contributed by atoms with Crippen LogP contribution in [-0.2, 0) is 15.7 Å². The molecule has 1 atom stereocenters. The molecule has 1 aromatic rings. The summed E-state index contributed by atoms with van der Waals surface area (Å²) >= 11 is 0. The summed E-state index contributed by atoms with van der Waals surface area (Å²) in [6.07, 6.45) is -4.35. The third-order valence-electron chi connectivity index (χ3n) is 2.77. The van der Waals surface area contributed by atoms with E-state index in [1.54, 1.807) is 13.8 Å². The average Bonchev–Trinajstić information content (AvgIpc) is 2.39. The summed E-state index contributed by atoms with van der Waals surface area (Å²) in [7, 11) is 0. The van der Waals surface area contributed by atoms with Crippen LogP contribution in [0, 0.1) is 5.92 Å². The van der Waals surface area contributed by atoms with E-state index in [-0.39, 0.29) is 18.6 Å². The first-order valence-corrected chi connectivity index (χ1v) is 6.19. The van der Waals surface area contributed by atoms with Gasteiger partial charge in [-0.15, -0.1) is 0 Å². The van der Waals surface area contributed by atoms with Crippen LogP contribution in [0.4, 0.5) is 13.2 Å². The first-order valence-electron chi connectivity index (χ1n) is 6.19. The van der Waals surface area contributed by atoms with E-state index in [0.717, 1.165) is 18.2 Å². The highest BCUT2D eigenvalue weighted by Crippen LogP contribution is 2.30. The Bertz CT molecular complexity index is 495. The number of ether oxygens (including phenoxy) is 1. The van der Waals surface area contributed by atoms with Crippen LogP contribution in [0.3, 0.4) is 0 Å². The largest absolute Gasteiger partial charge is 0.465 e. The van der Waals surface area contributed by atoms with Gasteiger partial charge in [0.2, 0.25) is 0 Å². The zero-order valence-electron chi connectivity index (χ0n) is 11.2. The highest BCUT2D eigenvalue weighted by Gasteiger charge is 2.32. The van der Waals surface area contributed by atoms with Crippen molar-refractivity contribution < 1.29 is 27.5 Å². The Hall–Kier alpha value is -1.85. The average molecular weight is 288 g/mol. The van der Waals surface area contributed by atoms with Gasteiger partial charge >= 0.3 is 12.1 Å². The molecule has 0 N–H and O–H groups in total. The number of Topliss-reactive ketones (excluding diaryl/α,β-unsaturated/α-hetero) is 1. The second-order valence-electron chi connectivity index (χ2n) is 4.16. The third-order valence-corrected chi connectivity index (χ3v) is 2.77. The van der Waals surface area contributed by atoms with E-state index in [1.807, 2.05) is 0 Å². The van der Waals surface area contributed by atoms with E-state index in [9.17, 15) is 22.8 Å². The van der Waals surface area contributed by atoms with Crippen LogP contribution >= 0.6 is 0 Å². The lowest BCUT2D eigenvalue weighted by Gasteiger charge is -2.13. The van der Waals surface area contributed by atoms with Crippen LogP contribution in [0.5, 0.6) is 0 Å². The van der Waals surface area contributed by atoms with Crippen molar-refractivity contribution in [3.8, 4) is 0 Å². The highest BCUT2D eigenvalue weighted by atomic mass is 19.4. The number of esters is 1. The molecule has 0 aliphatic carbocycles. The first-order chi connectivity index (χ1) is 9.31. The van der Waals surface area contributed by atoms with Gasteiger partial charge in [-0.1, -0.05) is 19.1 Å². The quantitative estimate of drug-likeness (QED) is 0.473. The van der Waals surface area contributed by atoms with E-state index in [4.69, 9.17) is 4.74 Å². The van der Waals surface area contributed by atoms with Crippen molar-refractivity contribution in [3.05, 3.63) is 35.4 Å². The molecule has 0 heterocycles. The number of rotatable bonds is 5. The maximum atomic E-state index is 12.6. The number of benzene rings is 1. The van der Waals surface area contributed by atoms with Gasteiger partial charge in [-0.25, -0.2) is 0 Å². The summed E-state index contributed by atoms with van der Waals surface area (Å²) in [4.78, 5) is 23.7. The summed E-state index contributed by atoms with van der Waals surface area (Å²) in [6.45, 7) is 3.32. The number of carbonyl (C=O) groups is 2.